The van der Waals surface area contributed by atoms with E-state index in [2.05, 4.69) is 31.8 Å². The van der Waals surface area contributed by atoms with Gasteiger partial charge in [0.2, 0.25) is 0 Å². The van der Waals surface area contributed by atoms with Gasteiger partial charge in [-0.3, -0.25) is 9.59 Å². The van der Waals surface area contributed by atoms with Crippen LogP contribution in [0.3, 0.4) is 0 Å². The zero-order valence-electron chi connectivity index (χ0n) is 15.8. The third-order valence-corrected chi connectivity index (χ3v) is 4.79. The molecular formula is C21H22BrN3O4. The first-order chi connectivity index (χ1) is 14.1. The minimum Gasteiger partial charge on any atom is -0.488 e. The molecule has 0 aromatic heterocycles. The Bertz CT molecular complexity index is 867. The Hall–Kier alpha value is -2.71. The van der Waals surface area contributed by atoms with E-state index in [4.69, 9.17) is 9.47 Å². The molecule has 0 saturated carbocycles. The summed E-state index contributed by atoms with van der Waals surface area (Å²) in [5.41, 5.74) is 3.93. The Kier molecular flexibility index (Phi) is 7.77. The molecule has 3 rings (SSSR count). The Labute approximate surface area is 177 Å². The van der Waals surface area contributed by atoms with Crippen molar-refractivity contribution in [3.05, 3.63) is 64.1 Å². The van der Waals surface area contributed by atoms with Gasteiger partial charge in [0.25, 0.3) is 0 Å². The minimum absolute atomic E-state index is 0.0266. The lowest BCUT2D eigenvalue weighted by molar-refractivity contribution is -0.139. The van der Waals surface area contributed by atoms with Crippen LogP contribution in [-0.4, -0.2) is 37.3 Å². The number of hydrogen-bond acceptors (Lipinski definition) is 5. The van der Waals surface area contributed by atoms with Crippen molar-refractivity contribution in [1.82, 2.24) is 10.7 Å². The van der Waals surface area contributed by atoms with E-state index in [1.807, 2.05) is 48.5 Å². The monoisotopic (exact) mass is 459 g/mol. The van der Waals surface area contributed by atoms with Crippen LogP contribution in [0.15, 0.2) is 58.1 Å². The van der Waals surface area contributed by atoms with Crippen molar-refractivity contribution in [2.24, 2.45) is 5.10 Å². The standard InChI is InChI=1S/C21H22BrN3O4/c22-17-8-9-19(29-14-15-5-2-1-3-6-15)16(11-17)12-24-25-21(27)20(26)23-13-18-7-4-10-28-18/h1-3,5-6,8-9,11-12,18H,4,7,10,13-14H2,(H,23,26)(H,25,27)/b24-12-/t18-/m1/s1. The summed E-state index contributed by atoms with van der Waals surface area (Å²) in [5, 5.41) is 6.43. The molecule has 1 aliphatic rings. The smallest absolute Gasteiger partial charge is 0.329 e. The first kappa shape index (κ1) is 21.0. The zero-order valence-corrected chi connectivity index (χ0v) is 17.4. The lowest BCUT2D eigenvalue weighted by Gasteiger charge is -2.10. The number of nitrogens with zero attached hydrogens (tertiary/aromatic N) is 1. The Morgan fingerprint density at radius 1 is 1.21 bits per heavy atom. The fourth-order valence-corrected chi connectivity index (χ4v) is 3.17. The Morgan fingerprint density at radius 2 is 2.03 bits per heavy atom. The van der Waals surface area contributed by atoms with Crippen molar-refractivity contribution in [1.29, 1.82) is 0 Å². The highest BCUT2D eigenvalue weighted by Gasteiger charge is 2.19. The van der Waals surface area contributed by atoms with Crippen LogP contribution in [-0.2, 0) is 20.9 Å². The van der Waals surface area contributed by atoms with Gasteiger partial charge in [0.1, 0.15) is 12.4 Å². The molecule has 7 nitrogen and oxygen atoms in total. The van der Waals surface area contributed by atoms with Gasteiger partial charge in [0, 0.05) is 23.2 Å². The molecule has 1 aliphatic heterocycles. The van der Waals surface area contributed by atoms with Crippen LogP contribution in [0.25, 0.3) is 0 Å². The number of ether oxygens (including phenoxy) is 2. The first-order valence-electron chi connectivity index (χ1n) is 9.31. The van der Waals surface area contributed by atoms with Crippen molar-refractivity contribution >= 4 is 34.0 Å². The van der Waals surface area contributed by atoms with E-state index in [0.29, 0.717) is 31.1 Å². The molecule has 1 heterocycles. The van der Waals surface area contributed by atoms with Crippen molar-refractivity contribution < 1.29 is 19.1 Å². The molecule has 0 aliphatic carbocycles. The number of amides is 2. The normalized spacial score (nSPS) is 16.0. The van der Waals surface area contributed by atoms with Gasteiger partial charge in [-0.25, -0.2) is 5.43 Å². The van der Waals surface area contributed by atoms with Gasteiger partial charge in [-0.2, -0.15) is 5.10 Å². The van der Waals surface area contributed by atoms with E-state index < -0.39 is 11.8 Å². The van der Waals surface area contributed by atoms with Gasteiger partial charge in [0.15, 0.2) is 0 Å². The second kappa shape index (κ2) is 10.7. The van der Waals surface area contributed by atoms with E-state index in [1.165, 1.54) is 6.21 Å². The average molecular weight is 460 g/mol. The van der Waals surface area contributed by atoms with Crippen LogP contribution in [0.4, 0.5) is 0 Å². The number of halogens is 1. The third-order valence-electron chi connectivity index (χ3n) is 4.30. The number of hydrogen-bond donors (Lipinski definition) is 2. The van der Waals surface area contributed by atoms with E-state index in [-0.39, 0.29) is 6.10 Å². The first-order valence-corrected chi connectivity index (χ1v) is 10.1. The maximum Gasteiger partial charge on any atom is 0.329 e. The molecule has 152 valence electrons. The van der Waals surface area contributed by atoms with Crippen molar-refractivity contribution in [2.45, 2.75) is 25.6 Å². The van der Waals surface area contributed by atoms with Crippen LogP contribution in [0.2, 0.25) is 0 Å². The molecule has 2 aromatic carbocycles. The highest BCUT2D eigenvalue weighted by atomic mass is 79.9. The van der Waals surface area contributed by atoms with Gasteiger partial charge in [-0.15, -0.1) is 0 Å². The molecule has 2 aromatic rings. The van der Waals surface area contributed by atoms with Crippen LogP contribution in [0.5, 0.6) is 5.75 Å². The van der Waals surface area contributed by atoms with E-state index >= 15 is 0 Å². The average Bonchev–Trinajstić information content (AvgIpc) is 3.26. The highest BCUT2D eigenvalue weighted by molar-refractivity contribution is 9.10. The molecule has 0 bridgehead atoms. The molecular weight excluding hydrogens is 438 g/mol. The zero-order chi connectivity index (χ0) is 20.5. The van der Waals surface area contributed by atoms with Crippen molar-refractivity contribution in [3.63, 3.8) is 0 Å². The molecule has 0 unspecified atom stereocenters. The largest absolute Gasteiger partial charge is 0.488 e. The molecule has 2 amide bonds. The molecule has 1 saturated heterocycles. The fraction of sp³-hybridized carbons (Fsp3) is 0.286. The second-order valence-electron chi connectivity index (χ2n) is 6.50. The number of nitrogens with one attached hydrogen (secondary N) is 2. The quantitative estimate of drug-likeness (QED) is 0.378. The lowest BCUT2D eigenvalue weighted by atomic mass is 10.2. The highest BCUT2D eigenvalue weighted by Crippen LogP contribution is 2.22. The topological polar surface area (TPSA) is 89.0 Å². The number of hydrazone groups is 1. The summed E-state index contributed by atoms with van der Waals surface area (Å²) in [6.07, 6.45) is 3.27. The molecule has 0 spiro atoms. The lowest BCUT2D eigenvalue weighted by Crippen LogP contribution is -2.41. The maximum absolute atomic E-state index is 11.9. The van der Waals surface area contributed by atoms with Crippen LogP contribution >= 0.6 is 15.9 Å². The molecule has 1 fully saturated rings. The Balaban J connectivity index is 1.53. The SMILES string of the molecule is O=C(NC[C@H]1CCCO1)C(=O)N/N=C\c1cc(Br)ccc1OCc1ccccc1. The van der Waals surface area contributed by atoms with Gasteiger partial charge >= 0.3 is 11.8 Å². The number of benzene rings is 2. The van der Waals surface area contributed by atoms with Crippen molar-refractivity contribution in [3.8, 4) is 5.75 Å². The Morgan fingerprint density at radius 3 is 2.79 bits per heavy atom. The van der Waals surface area contributed by atoms with E-state index in [9.17, 15) is 9.59 Å². The van der Waals surface area contributed by atoms with Crippen molar-refractivity contribution in [2.75, 3.05) is 13.2 Å². The summed E-state index contributed by atoms with van der Waals surface area (Å²) in [6.45, 7) is 1.42. The summed E-state index contributed by atoms with van der Waals surface area (Å²) in [4.78, 5) is 23.7. The fourth-order valence-electron chi connectivity index (χ4n) is 2.79. The van der Waals surface area contributed by atoms with E-state index in [1.54, 1.807) is 0 Å². The summed E-state index contributed by atoms with van der Waals surface area (Å²) in [6, 6.07) is 15.3. The van der Waals surface area contributed by atoms with E-state index in [0.717, 1.165) is 22.9 Å². The van der Waals surface area contributed by atoms with Crippen LogP contribution < -0.4 is 15.5 Å². The van der Waals surface area contributed by atoms with Gasteiger partial charge in [0.05, 0.1) is 12.3 Å². The summed E-state index contributed by atoms with van der Waals surface area (Å²) in [7, 11) is 0. The number of rotatable bonds is 7. The van der Waals surface area contributed by atoms with Crippen LogP contribution in [0, 0.1) is 0 Å². The molecule has 8 heteroatoms. The molecule has 29 heavy (non-hydrogen) atoms. The maximum atomic E-state index is 11.9. The van der Waals surface area contributed by atoms with Gasteiger partial charge < -0.3 is 14.8 Å². The molecule has 1 atom stereocenters. The predicted octanol–water partition coefficient (Wildman–Crippen LogP) is 2.77. The summed E-state index contributed by atoms with van der Waals surface area (Å²) >= 11 is 3.41. The number of carbonyl (C=O) groups excluding carboxylic acids is 2. The summed E-state index contributed by atoms with van der Waals surface area (Å²) in [5.74, 6) is -0.966. The van der Waals surface area contributed by atoms with Gasteiger partial charge in [-0.1, -0.05) is 46.3 Å². The predicted molar refractivity (Wildman–Crippen MR) is 113 cm³/mol. The summed E-state index contributed by atoms with van der Waals surface area (Å²) < 4.78 is 12.1. The van der Waals surface area contributed by atoms with Crippen LogP contribution in [0.1, 0.15) is 24.0 Å². The molecule has 2 N–H and O–H groups in total. The minimum atomic E-state index is -0.832. The second-order valence-corrected chi connectivity index (χ2v) is 7.42. The third kappa shape index (κ3) is 6.69. The number of carbonyl (C=O) groups is 2. The van der Waals surface area contributed by atoms with Gasteiger partial charge in [-0.05, 0) is 36.6 Å². The molecule has 0 radical (unpaired) electrons.